The first kappa shape index (κ1) is 19.2. The molecule has 6 heteroatoms. The second-order valence-corrected chi connectivity index (χ2v) is 7.24. The van der Waals surface area contributed by atoms with Gasteiger partial charge in [-0.2, -0.15) is 0 Å². The lowest BCUT2D eigenvalue weighted by atomic mass is 9.91. The van der Waals surface area contributed by atoms with Crippen molar-refractivity contribution in [1.29, 1.82) is 0 Å². The highest BCUT2D eigenvalue weighted by molar-refractivity contribution is 8.04. The minimum absolute atomic E-state index is 0.0683. The van der Waals surface area contributed by atoms with E-state index in [2.05, 4.69) is 13.2 Å². The van der Waals surface area contributed by atoms with E-state index in [1.807, 2.05) is 20.8 Å². The van der Waals surface area contributed by atoms with Gasteiger partial charge in [-0.25, -0.2) is 0 Å². The van der Waals surface area contributed by atoms with Gasteiger partial charge < -0.3 is 4.90 Å². The van der Waals surface area contributed by atoms with E-state index in [0.29, 0.717) is 18.1 Å². The number of nitrogens with zero attached hydrogens (tertiary/aromatic N) is 2. The lowest BCUT2D eigenvalue weighted by Crippen LogP contribution is -2.41. The van der Waals surface area contributed by atoms with Crippen molar-refractivity contribution in [2.24, 2.45) is 5.41 Å². The molecule has 1 aliphatic rings. The molecule has 0 saturated carbocycles. The summed E-state index contributed by atoms with van der Waals surface area (Å²) in [6.45, 7) is 13.4. The van der Waals surface area contributed by atoms with Crippen LogP contribution in [0.15, 0.2) is 36.4 Å². The maximum atomic E-state index is 12.4. The van der Waals surface area contributed by atoms with Gasteiger partial charge in [0.25, 0.3) is 0 Å². The number of hydrogen-bond acceptors (Lipinski definition) is 4. The summed E-state index contributed by atoms with van der Waals surface area (Å²) in [6.07, 6.45) is 4.72. The van der Waals surface area contributed by atoms with Gasteiger partial charge in [-0.3, -0.25) is 19.3 Å². The van der Waals surface area contributed by atoms with Crippen LogP contribution in [0.4, 0.5) is 0 Å². The maximum Gasteiger partial charge on any atom is 0.243 e. The number of thioether (sulfide) groups is 1. The average molecular weight is 336 g/mol. The summed E-state index contributed by atoms with van der Waals surface area (Å²) in [5.41, 5.74) is -0.521. The molecule has 0 aromatic heterocycles. The van der Waals surface area contributed by atoms with Gasteiger partial charge >= 0.3 is 0 Å². The second kappa shape index (κ2) is 8.15. The summed E-state index contributed by atoms with van der Waals surface area (Å²) in [5.74, 6) is -0.177. The summed E-state index contributed by atoms with van der Waals surface area (Å²) in [5, 5.41) is 0.542. The highest BCUT2D eigenvalue weighted by Crippen LogP contribution is 2.30. The number of allylic oxidation sites excluding steroid dienone is 1. The molecule has 0 aromatic rings. The van der Waals surface area contributed by atoms with Crippen LogP contribution in [0.3, 0.4) is 0 Å². The minimum Gasteiger partial charge on any atom is -0.334 e. The lowest BCUT2D eigenvalue weighted by molar-refractivity contribution is -0.136. The molecule has 1 fully saturated rings. The van der Waals surface area contributed by atoms with Gasteiger partial charge in [-0.15, -0.1) is 13.2 Å². The predicted molar refractivity (Wildman–Crippen MR) is 93.7 cm³/mol. The van der Waals surface area contributed by atoms with Crippen molar-refractivity contribution >= 4 is 29.4 Å². The molecule has 1 rings (SSSR count). The molecule has 1 saturated heterocycles. The van der Waals surface area contributed by atoms with Gasteiger partial charge in [0.15, 0.2) is 5.78 Å². The fourth-order valence-electron chi connectivity index (χ4n) is 1.85. The second-order valence-electron chi connectivity index (χ2n) is 6.24. The number of carbonyl (C=O) groups excluding carboxylic acids is 3. The fourth-order valence-corrected chi connectivity index (χ4v) is 2.79. The van der Waals surface area contributed by atoms with Gasteiger partial charge in [-0.05, 0) is 0 Å². The van der Waals surface area contributed by atoms with Crippen molar-refractivity contribution in [2.75, 3.05) is 25.4 Å². The van der Waals surface area contributed by atoms with E-state index in [9.17, 15) is 14.4 Å². The quantitative estimate of drug-likeness (QED) is 0.528. The number of ketones is 1. The van der Waals surface area contributed by atoms with Gasteiger partial charge in [0.05, 0.1) is 10.8 Å². The van der Waals surface area contributed by atoms with E-state index < -0.39 is 5.41 Å². The zero-order valence-corrected chi connectivity index (χ0v) is 14.8. The van der Waals surface area contributed by atoms with E-state index >= 15 is 0 Å². The van der Waals surface area contributed by atoms with Crippen molar-refractivity contribution in [3.8, 4) is 0 Å². The number of rotatable bonds is 7. The van der Waals surface area contributed by atoms with Gasteiger partial charge in [0, 0.05) is 24.6 Å². The van der Waals surface area contributed by atoms with Crippen LogP contribution in [-0.2, 0) is 14.4 Å². The number of carbonyl (C=O) groups is 3. The molecule has 0 aliphatic carbocycles. The average Bonchev–Trinajstić information content (AvgIpc) is 2.79. The fraction of sp³-hybridized carbons (Fsp3) is 0.471. The third-order valence-corrected chi connectivity index (χ3v) is 4.27. The molecular weight excluding hydrogens is 312 g/mol. The Morgan fingerprint density at radius 3 is 2.30 bits per heavy atom. The number of amides is 2. The highest BCUT2D eigenvalue weighted by Gasteiger charge is 2.31. The predicted octanol–water partition coefficient (Wildman–Crippen LogP) is 2.22. The highest BCUT2D eigenvalue weighted by atomic mass is 32.2. The van der Waals surface area contributed by atoms with Crippen molar-refractivity contribution in [1.82, 2.24) is 9.80 Å². The Bertz CT molecular complexity index is 537. The molecule has 0 aromatic carbocycles. The van der Waals surface area contributed by atoms with Crippen LogP contribution in [0.1, 0.15) is 20.8 Å². The first-order valence-corrected chi connectivity index (χ1v) is 8.38. The molecule has 23 heavy (non-hydrogen) atoms. The van der Waals surface area contributed by atoms with Crippen LogP contribution in [0.5, 0.6) is 0 Å². The van der Waals surface area contributed by atoms with Gasteiger partial charge in [-0.1, -0.05) is 44.7 Å². The number of hydrogen-bond donors (Lipinski definition) is 0. The van der Waals surface area contributed by atoms with E-state index in [1.54, 1.807) is 17.1 Å². The zero-order chi connectivity index (χ0) is 17.6. The van der Waals surface area contributed by atoms with E-state index in [-0.39, 0.29) is 29.9 Å². The van der Waals surface area contributed by atoms with E-state index in [4.69, 9.17) is 0 Å². The molecule has 2 amide bonds. The molecule has 0 N–H and O–H groups in total. The molecule has 0 radical (unpaired) electrons. The summed E-state index contributed by atoms with van der Waals surface area (Å²) < 4.78 is 0. The lowest BCUT2D eigenvalue weighted by Gasteiger charge is -2.24. The Morgan fingerprint density at radius 2 is 1.83 bits per heavy atom. The molecule has 126 valence electrons. The molecule has 0 bridgehead atoms. The minimum atomic E-state index is -0.521. The SMILES string of the molecule is C=CCN(CC=C)C(=O)CN1C(=O)CSC1=CC(=O)C(C)(C)C. The van der Waals surface area contributed by atoms with Crippen molar-refractivity contribution in [3.05, 3.63) is 36.4 Å². The Balaban J connectivity index is 2.90. The third kappa shape index (κ3) is 5.39. The molecule has 0 unspecified atom stereocenters. The van der Waals surface area contributed by atoms with Gasteiger partial charge in [0.2, 0.25) is 11.8 Å². The van der Waals surface area contributed by atoms with E-state index in [0.717, 1.165) is 0 Å². The van der Waals surface area contributed by atoms with Crippen LogP contribution >= 0.6 is 11.8 Å². The topological polar surface area (TPSA) is 57.7 Å². The zero-order valence-electron chi connectivity index (χ0n) is 14.0. The largest absolute Gasteiger partial charge is 0.334 e. The Kier molecular flexibility index (Phi) is 6.81. The first-order chi connectivity index (χ1) is 10.7. The third-order valence-electron chi connectivity index (χ3n) is 3.25. The molecular formula is C17H24N2O3S. The summed E-state index contributed by atoms with van der Waals surface area (Å²) in [6, 6.07) is 0. The Labute approximate surface area is 142 Å². The van der Waals surface area contributed by atoms with Crippen molar-refractivity contribution < 1.29 is 14.4 Å². The molecule has 0 atom stereocenters. The summed E-state index contributed by atoms with van der Waals surface area (Å²) in [7, 11) is 0. The monoisotopic (exact) mass is 336 g/mol. The molecule has 1 aliphatic heterocycles. The molecule has 5 nitrogen and oxygen atoms in total. The standard InChI is InChI=1S/C17H24N2O3S/c1-6-8-18(9-7-2)14(21)11-19-15(22)12-23-16(19)10-13(20)17(3,4)5/h6-7,10H,1-2,8-9,11-12H2,3-5H3. The van der Waals surface area contributed by atoms with Crippen LogP contribution < -0.4 is 0 Å². The van der Waals surface area contributed by atoms with Crippen LogP contribution in [0, 0.1) is 5.41 Å². The molecule has 0 spiro atoms. The van der Waals surface area contributed by atoms with E-state index in [1.165, 1.54) is 22.7 Å². The maximum absolute atomic E-state index is 12.4. The smallest absolute Gasteiger partial charge is 0.243 e. The van der Waals surface area contributed by atoms with Crippen molar-refractivity contribution in [3.63, 3.8) is 0 Å². The molecule has 1 heterocycles. The van der Waals surface area contributed by atoms with Gasteiger partial charge in [0.1, 0.15) is 6.54 Å². The van der Waals surface area contributed by atoms with Crippen LogP contribution in [-0.4, -0.2) is 52.8 Å². The van der Waals surface area contributed by atoms with Crippen LogP contribution in [0.25, 0.3) is 0 Å². The first-order valence-electron chi connectivity index (χ1n) is 7.39. The Hall–Kier alpha value is -1.82. The summed E-state index contributed by atoms with van der Waals surface area (Å²) >= 11 is 1.29. The summed E-state index contributed by atoms with van der Waals surface area (Å²) in [4.78, 5) is 39.5. The van der Waals surface area contributed by atoms with Crippen molar-refractivity contribution in [2.45, 2.75) is 20.8 Å². The Morgan fingerprint density at radius 1 is 1.26 bits per heavy atom. The van der Waals surface area contributed by atoms with Crippen LogP contribution in [0.2, 0.25) is 0 Å². The normalized spacial score (nSPS) is 16.6.